The Hall–Kier alpha value is -3.73. The number of hydrazine groups is 1. The van der Waals surface area contributed by atoms with Crippen LogP contribution in [0.4, 0.5) is 20.6 Å². The Morgan fingerprint density at radius 3 is 2.66 bits per heavy atom. The standard InChI is InChI=1S/C25H29FN6O5S/c1-17(33)28-14-19-15-32(24(34)37-19)18-8-9-22(21(26)12-18)31-11-10-25(2,16-27)13-23(31)29-30-38(35,36)20-6-4-3-5-7-20/h3-9,12,19,23,29-30H,10-11,13-15H2,1-2H3,(H,28,33). The summed E-state index contributed by atoms with van der Waals surface area (Å²) in [6.45, 7) is 3.72. The summed E-state index contributed by atoms with van der Waals surface area (Å²) in [7, 11) is -3.91. The number of amides is 2. The summed E-state index contributed by atoms with van der Waals surface area (Å²) in [6, 6.07) is 14.4. The first kappa shape index (κ1) is 27.3. The molecule has 11 nitrogen and oxygen atoms in total. The van der Waals surface area contributed by atoms with E-state index in [1.165, 1.54) is 36.1 Å². The van der Waals surface area contributed by atoms with Crippen molar-refractivity contribution in [3.63, 3.8) is 0 Å². The number of nitriles is 1. The summed E-state index contributed by atoms with van der Waals surface area (Å²) in [4.78, 5) is 28.8. The van der Waals surface area contributed by atoms with Gasteiger partial charge in [-0.15, -0.1) is 4.83 Å². The number of carbonyl (C=O) groups is 2. The van der Waals surface area contributed by atoms with Crippen molar-refractivity contribution < 1.29 is 27.1 Å². The van der Waals surface area contributed by atoms with Crippen molar-refractivity contribution in [2.45, 2.75) is 43.9 Å². The van der Waals surface area contributed by atoms with Gasteiger partial charge in [0.05, 0.1) is 47.0 Å². The molecule has 2 aromatic carbocycles. The average molecular weight is 545 g/mol. The predicted molar refractivity (Wildman–Crippen MR) is 137 cm³/mol. The molecule has 202 valence electrons. The monoisotopic (exact) mass is 544 g/mol. The highest BCUT2D eigenvalue weighted by atomic mass is 32.2. The van der Waals surface area contributed by atoms with E-state index in [0.29, 0.717) is 6.42 Å². The minimum Gasteiger partial charge on any atom is -0.442 e. The van der Waals surface area contributed by atoms with Gasteiger partial charge in [-0.3, -0.25) is 9.69 Å². The van der Waals surface area contributed by atoms with Crippen molar-refractivity contribution in [3.05, 3.63) is 54.3 Å². The lowest BCUT2D eigenvalue weighted by Gasteiger charge is -2.43. The molecule has 2 fully saturated rings. The lowest BCUT2D eigenvalue weighted by atomic mass is 9.80. The number of cyclic esters (lactones) is 1. The Morgan fingerprint density at radius 1 is 1.26 bits per heavy atom. The number of ether oxygens (including phenoxy) is 1. The predicted octanol–water partition coefficient (Wildman–Crippen LogP) is 2.23. The highest BCUT2D eigenvalue weighted by molar-refractivity contribution is 7.89. The zero-order valence-electron chi connectivity index (χ0n) is 21.0. The van der Waals surface area contributed by atoms with Crippen LogP contribution in [-0.2, 0) is 19.6 Å². The third-order valence-electron chi connectivity index (χ3n) is 6.61. The average Bonchev–Trinajstić information content (AvgIpc) is 3.27. The first-order valence-corrected chi connectivity index (χ1v) is 13.5. The Morgan fingerprint density at radius 2 is 2.00 bits per heavy atom. The van der Waals surface area contributed by atoms with E-state index in [9.17, 15) is 23.3 Å². The summed E-state index contributed by atoms with van der Waals surface area (Å²) in [5, 5.41) is 12.3. The minimum atomic E-state index is -3.91. The molecule has 3 N–H and O–H groups in total. The Balaban J connectivity index is 1.53. The number of nitrogens with zero attached hydrogens (tertiary/aromatic N) is 3. The van der Waals surface area contributed by atoms with Crippen LogP contribution in [0.15, 0.2) is 53.4 Å². The topological polar surface area (TPSA) is 144 Å². The van der Waals surface area contributed by atoms with Crippen LogP contribution in [-0.4, -0.2) is 52.3 Å². The van der Waals surface area contributed by atoms with E-state index in [1.807, 2.05) is 0 Å². The van der Waals surface area contributed by atoms with Gasteiger partial charge in [0.1, 0.15) is 11.9 Å². The fourth-order valence-corrected chi connectivity index (χ4v) is 5.40. The molecule has 0 aliphatic carbocycles. The lowest BCUT2D eigenvalue weighted by Crippen LogP contribution is -2.58. The maximum absolute atomic E-state index is 15.4. The Kier molecular flexibility index (Phi) is 7.86. The van der Waals surface area contributed by atoms with Crippen LogP contribution in [0.5, 0.6) is 0 Å². The molecule has 3 atom stereocenters. The minimum absolute atomic E-state index is 0.0581. The molecular formula is C25H29FN6O5S. The quantitative estimate of drug-likeness (QED) is 0.429. The second kappa shape index (κ2) is 10.9. The summed E-state index contributed by atoms with van der Waals surface area (Å²) in [6.07, 6.45) is -1.27. The smallest absolute Gasteiger partial charge is 0.414 e. The van der Waals surface area contributed by atoms with E-state index in [0.717, 1.165) is 0 Å². The highest BCUT2D eigenvalue weighted by Crippen LogP contribution is 2.37. The third-order valence-corrected chi connectivity index (χ3v) is 7.89. The number of carbonyl (C=O) groups excluding carboxylic acids is 2. The van der Waals surface area contributed by atoms with Crippen LogP contribution in [0.1, 0.15) is 26.7 Å². The summed E-state index contributed by atoms with van der Waals surface area (Å²) in [5.74, 6) is -0.878. The van der Waals surface area contributed by atoms with E-state index in [2.05, 4.69) is 21.6 Å². The van der Waals surface area contributed by atoms with E-state index in [4.69, 9.17) is 4.74 Å². The van der Waals surface area contributed by atoms with Gasteiger partial charge in [0, 0.05) is 19.9 Å². The van der Waals surface area contributed by atoms with Crippen molar-refractivity contribution in [2.75, 3.05) is 29.4 Å². The van der Waals surface area contributed by atoms with Crippen LogP contribution in [0.2, 0.25) is 0 Å². The zero-order chi connectivity index (χ0) is 27.5. The molecule has 0 bridgehead atoms. The molecule has 4 rings (SSSR count). The van der Waals surface area contributed by atoms with Crippen LogP contribution >= 0.6 is 0 Å². The van der Waals surface area contributed by atoms with Crippen LogP contribution in [0, 0.1) is 22.6 Å². The van der Waals surface area contributed by atoms with Gasteiger partial charge in [0.25, 0.3) is 10.0 Å². The molecule has 2 aliphatic rings. The van der Waals surface area contributed by atoms with Crippen molar-refractivity contribution in [3.8, 4) is 6.07 Å². The molecule has 0 aromatic heterocycles. The molecule has 2 amide bonds. The van der Waals surface area contributed by atoms with Gasteiger partial charge in [-0.05, 0) is 43.7 Å². The Labute approximate surface area is 220 Å². The SMILES string of the molecule is CC(=O)NCC1CN(c2ccc(N3CCC(C)(C#N)CC3NNS(=O)(=O)c3ccccc3)c(F)c2)C(=O)O1. The molecule has 2 heterocycles. The molecule has 13 heteroatoms. The van der Waals surface area contributed by atoms with Crippen LogP contribution in [0.25, 0.3) is 0 Å². The number of rotatable bonds is 8. The van der Waals surface area contributed by atoms with E-state index >= 15 is 4.39 Å². The summed E-state index contributed by atoms with van der Waals surface area (Å²) in [5.41, 5.74) is 2.51. The fraction of sp³-hybridized carbons (Fsp3) is 0.400. The van der Waals surface area contributed by atoms with Crippen LogP contribution < -0.4 is 25.4 Å². The molecular weight excluding hydrogens is 515 g/mol. The van der Waals surface area contributed by atoms with Crippen molar-refractivity contribution >= 4 is 33.4 Å². The summed E-state index contributed by atoms with van der Waals surface area (Å²) >= 11 is 0. The fourth-order valence-electron chi connectivity index (χ4n) is 4.48. The van der Waals surface area contributed by atoms with Gasteiger partial charge >= 0.3 is 6.09 Å². The van der Waals surface area contributed by atoms with E-state index < -0.39 is 39.6 Å². The number of nitrogens with one attached hydrogen (secondary N) is 3. The maximum Gasteiger partial charge on any atom is 0.414 e. The number of anilines is 2. The molecule has 0 saturated carbocycles. The number of hydrogen-bond acceptors (Lipinski definition) is 8. The number of piperidine rings is 1. The molecule has 2 saturated heterocycles. The highest BCUT2D eigenvalue weighted by Gasteiger charge is 2.39. The summed E-state index contributed by atoms with van der Waals surface area (Å²) < 4.78 is 46.2. The lowest BCUT2D eigenvalue weighted by molar-refractivity contribution is -0.119. The van der Waals surface area contributed by atoms with Gasteiger partial charge in [0.2, 0.25) is 5.91 Å². The number of sulfonamides is 1. The van der Waals surface area contributed by atoms with Crippen molar-refractivity contribution in [1.29, 1.82) is 5.26 Å². The number of halogens is 1. The van der Waals surface area contributed by atoms with Gasteiger partial charge in [0.15, 0.2) is 0 Å². The third kappa shape index (κ3) is 6.04. The molecule has 0 spiro atoms. The molecule has 0 radical (unpaired) electrons. The van der Waals surface area contributed by atoms with Gasteiger partial charge in [-0.2, -0.15) is 5.26 Å². The van der Waals surface area contributed by atoms with E-state index in [-0.39, 0.29) is 48.2 Å². The second-order valence-corrected chi connectivity index (χ2v) is 11.3. The first-order chi connectivity index (χ1) is 18.0. The van der Waals surface area contributed by atoms with Gasteiger partial charge in [-0.1, -0.05) is 18.2 Å². The van der Waals surface area contributed by atoms with E-state index in [1.54, 1.807) is 36.1 Å². The second-order valence-electron chi connectivity index (χ2n) is 9.59. The van der Waals surface area contributed by atoms with Crippen molar-refractivity contribution in [1.82, 2.24) is 15.6 Å². The Bertz CT molecular complexity index is 1350. The zero-order valence-corrected chi connectivity index (χ0v) is 21.8. The van der Waals surface area contributed by atoms with Crippen molar-refractivity contribution in [2.24, 2.45) is 5.41 Å². The molecule has 38 heavy (non-hydrogen) atoms. The number of benzene rings is 2. The number of hydrogen-bond donors (Lipinski definition) is 3. The largest absolute Gasteiger partial charge is 0.442 e. The molecule has 3 unspecified atom stereocenters. The maximum atomic E-state index is 15.4. The molecule has 2 aromatic rings. The van der Waals surface area contributed by atoms with Gasteiger partial charge in [-0.25, -0.2) is 23.0 Å². The molecule has 2 aliphatic heterocycles. The van der Waals surface area contributed by atoms with Gasteiger partial charge < -0.3 is 15.0 Å². The van der Waals surface area contributed by atoms with Crippen LogP contribution in [0.3, 0.4) is 0 Å². The normalized spacial score (nSPS) is 23.6. The first-order valence-electron chi connectivity index (χ1n) is 12.0.